The maximum absolute atomic E-state index is 13.2. The van der Waals surface area contributed by atoms with E-state index >= 15 is 0 Å². The Morgan fingerprint density at radius 3 is 1.97 bits per heavy atom. The van der Waals surface area contributed by atoms with Gasteiger partial charge in [-0.05, 0) is 22.8 Å². The van der Waals surface area contributed by atoms with E-state index in [0.717, 1.165) is 16.7 Å². The Morgan fingerprint density at radius 2 is 1.46 bits per heavy atom. The van der Waals surface area contributed by atoms with Crippen molar-refractivity contribution in [2.45, 2.75) is 18.5 Å². The van der Waals surface area contributed by atoms with E-state index in [1.54, 1.807) is 12.3 Å². The van der Waals surface area contributed by atoms with Gasteiger partial charge in [0.15, 0.2) is 5.78 Å². The molecule has 4 aromatic rings. The van der Waals surface area contributed by atoms with Gasteiger partial charge in [0.25, 0.3) is 0 Å². The maximum atomic E-state index is 13.2. The van der Waals surface area contributed by atoms with Gasteiger partial charge in [0.2, 0.25) is 0 Å². The van der Waals surface area contributed by atoms with Crippen LogP contribution in [0.15, 0.2) is 103 Å². The van der Waals surface area contributed by atoms with E-state index in [4.69, 9.17) is 4.74 Å². The zero-order valence-electron chi connectivity index (χ0n) is 20.7. The van der Waals surface area contributed by atoms with Crippen molar-refractivity contribution in [2.75, 3.05) is 20.2 Å². The van der Waals surface area contributed by atoms with Gasteiger partial charge in [0.05, 0.1) is 24.5 Å². The zero-order chi connectivity index (χ0) is 25.7. The fraction of sp³-hybridized carbons (Fsp3) is 0.200. The highest BCUT2D eigenvalue weighted by atomic mass is 16.5. The number of likely N-dealkylation sites (tertiary alicyclic amines) is 1. The number of esters is 1. The molecule has 0 spiro atoms. The van der Waals surface area contributed by atoms with Gasteiger partial charge >= 0.3 is 5.97 Å². The molecule has 0 saturated carbocycles. The van der Waals surface area contributed by atoms with Crippen molar-refractivity contribution in [3.8, 4) is 0 Å². The summed E-state index contributed by atoms with van der Waals surface area (Å²) in [5.74, 6) is -0.358. The van der Waals surface area contributed by atoms with E-state index in [1.165, 1.54) is 11.8 Å². The van der Waals surface area contributed by atoms with E-state index in [2.05, 4.69) is 88.0 Å². The zero-order valence-corrected chi connectivity index (χ0v) is 20.7. The topological polar surface area (TPSA) is 77.3 Å². The first-order chi connectivity index (χ1) is 18.1. The second kappa shape index (κ2) is 10.7. The third kappa shape index (κ3) is 4.73. The SMILES string of the molecule is COC(=O)Cn1nncc1/C=C1\CN(C(c2ccccc2)(c2ccccc2)c2ccccc2)CCC1=O. The first-order valence-electron chi connectivity index (χ1n) is 12.2. The van der Waals surface area contributed by atoms with Crippen LogP contribution >= 0.6 is 0 Å². The van der Waals surface area contributed by atoms with Gasteiger partial charge in [0, 0.05) is 25.1 Å². The summed E-state index contributed by atoms with van der Waals surface area (Å²) in [5.41, 5.74) is 3.98. The Morgan fingerprint density at radius 1 is 0.919 bits per heavy atom. The second-order valence-electron chi connectivity index (χ2n) is 8.97. The van der Waals surface area contributed by atoms with Gasteiger partial charge in [-0.15, -0.1) is 5.10 Å². The van der Waals surface area contributed by atoms with Crippen molar-refractivity contribution in [3.05, 3.63) is 125 Å². The van der Waals surface area contributed by atoms with E-state index < -0.39 is 11.5 Å². The summed E-state index contributed by atoms with van der Waals surface area (Å²) in [7, 11) is 1.33. The lowest BCUT2D eigenvalue weighted by molar-refractivity contribution is -0.141. The molecule has 186 valence electrons. The van der Waals surface area contributed by atoms with Gasteiger partial charge in [-0.25, -0.2) is 4.68 Å². The molecule has 0 amide bonds. The van der Waals surface area contributed by atoms with Crippen LogP contribution in [-0.2, 0) is 26.4 Å². The standard InChI is InChI=1S/C30H28N4O3/c1-37-29(36)22-34-27(20-31-32-34)19-23-21-33(18-17-28(23)35)30(24-11-5-2-6-12-24,25-13-7-3-8-14-25)26-15-9-4-10-16-26/h2-16,19-20H,17-18,21-22H2,1H3/b23-19+. The first-order valence-corrected chi connectivity index (χ1v) is 12.2. The van der Waals surface area contributed by atoms with E-state index in [1.807, 2.05) is 18.2 Å². The largest absolute Gasteiger partial charge is 0.468 e. The van der Waals surface area contributed by atoms with Gasteiger partial charge in [0.1, 0.15) is 6.54 Å². The van der Waals surface area contributed by atoms with Crippen molar-refractivity contribution in [1.82, 2.24) is 19.9 Å². The van der Waals surface area contributed by atoms with Crippen LogP contribution in [0.5, 0.6) is 0 Å². The number of benzene rings is 3. The summed E-state index contributed by atoms with van der Waals surface area (Å²) < 4.78 is 6.22. The minimum absolute atomic E-state index is 0.0739. The molecule has 3 aromatic carbocycles. The Kier molecular flexibility index (Phi) is 7.05. The number of ketones is 1. The second-order valence-corrected chi connectivity index (χ2v) is 8.97. The molecule has 1 aromatic heterocycles. The summed E-state index contributed by atoms with van der Waals surface area (Å²) in [4.78, 5) is 27.4. The van der Waals surface area contributed by atoms with Crippen LogP contribution in [0, 0.1) is 0 Å². The van der Waals surface area contributed by atoms with Crippen LogP contribution in [0.4, 0.5) is 0 Å². The molecule has 0 unspecified atom stereocenters. The summed E-state index contributed by atoms with van der Waals surface area (Å²) in [6, 6.07) is 31.3. The highest BCUT2D eigenvalue weighted by molar-refractivity contribution is 6.00. The van der Waals surface area contributed by atoms with Crippen molar-refractivity contribution >= 4 is 17.8 Å². The molecular formula is C30H28N4O3. The van der Waals surface area contributed by atoms with Gasteiger partial charge in [-0.3, -0.25) is 14.5 Å². The highest BCUT2D eigenvalue weighted by Gasteiger charge is 2.44. The third-order valence-electron chi connectivity index (χ3n) is 6.85. The number of hydrogen-bond acceptors (Lipinski definition) is 6. The predicted molar refractivity (Wildman–Crippen MR) is 140 cm³/mol. The minimum atomic E-state index is -0.617. The van der Waals surface area contributed by atoms with Crippen LogP contribution in [0.25, 0.3) is 6.08 Å². The lowest BCUT2D eigenvalue weighted by atomic mass is 9.74. The fourth-order valence-electron chi connectivity index (χ4n) is 5.13. The molecule has 2 heterocycles. The number of ether oxygens (including phenoxy) is 1. The lowest BCUT2D eigenvalue weighted by Crippen LogP contribution is -2.52. The molecule has 0 atom stereocenters. The molecule has 1 aliphatic rings. The number of Topliss-reactive ketones (excluding diaryl/α,β-unsaturated/α-hetero) is 1. The molecule has 0 radical (unpaired) electrons. The fourth-order valence-corrected chi connectivity index (χ4v) is 5.13. The van der Waals surface area contributed by atoms with Crippen LogP contribution < -0.4 is 0 Å². The number of rotatable bonds is 7. The molecule has 0 N–H and O–H groups in total. The summed E-state index contributed by atoms with van der Waals surface area (Å²) in [6.07, 6.45) is 3.73. The van der Waals surface area contributed by atoms with Crippen LogP contribution in [0.3, 0.4) is 0 Å². The molecule has 37 heavy (non-hydrogen) atoms. The molecular weight excluding hydrogens is 464 g/mol. The molecule has 7 heteroatoms. The molecule has 0 bridgehead atoms. The molecule has 0 aliphatic carbocycles. The van der Waals surface area contributed by atoms with E-state index in [9.17, 15) is 9.59 Å². The molecule has 7 nitrogen and oxygen atoms in total. The number of piperidine rings is 1. The van der Waals surface area contributed by atoms with Crippen molar-refractivity contribution in [3.63, 3.8) is 0 Å². The first kappa shape index (κ1) is 24.3. The summed E-state index contributed by atoms with van der Waals surface area (Å²) in [5, 5.41) is 7.95. The lowest BCUT2D eigenvalue weighted by Gasteiger charge is -2.47. The number of hydrogen-bond donors (Lipinski definition) is 0. The Bertz CT molecular complexity index is 1300. The van der Waals surface area contributed by atoms with Crippen LogP contribution in [-0.4, -0.2) is 51.8 Å². The number of carbonyl (C=O) groups excluding carboxylic acids is 2. The summed E-state index contributed by atoms with van der Waals surface area (Å²) in [6.45, 7) is 0.935. The smallest absolute Gasteiger partial charge is 0.327 e. The van der Waals surface area contributed by atoms with Crippen molar-refractivity contribution < 1.29 is 14.3 Å². The van der Waals surface area contributed by atoms with Crippen molar-refractivity contribution in [1.29, 1.82) is 0 Å². The van der Waals surface area contributed by atoms with E-state index in [-0.39, 0.29) is 12.3 Å². The van der Waals surface area contributed by atoms with Crippen molar-refractivity contribution in [2.24, 2.45) is 0 Å². The quantitative estimate of drug-likeness (QED) is 0.220. The monoisotopic (exact) mass is 492 g/mol. The average Bonchev–Trinajstić information content (AvgIpc) is 3.38. The molecule has 1 aliphatic heterocycles. The van der Waals surface area contributed by atoms with Crippen LogP contribution in [0.2, 0.25) is 0 Å². The number of carbonyl (C=O) groups is 2. The van der Waals surface area contributed by atoms with E-state index in [0.29, 0.717) is 30.8 Å². The highest BCUT2D eigenvalue weighted by Crippen LogP contribution is 2.43. The van der Waals surface area contributed by atoms with Gasteiger partial charge < -0.3 is 4.74 Å². The van der Waals surface area contributed by atoms with Gasteiger partial charge in [-0.1, -0.05) is 96.2 Å². The number of methoxy groups -OCH3 is 1. The molecule has 5 rings (SSSR count). The van der Waals surface area contributed by atoms with Gasteiger partial charge in [-0.2, -0.15) is 0 Å². The number of aromatic nitrogens is 3. The summed E-state index contributed by atoms with van der Waals surface area (Å²) >= 11 is 0. The Labute approximate surface area is 216 Å². The minimum Gasteiger partial charge on any atom is -0.468 e. The Hall–Kier alpha value is -4.36. The third-order valence-corrected chi connectivity index (χ3v) is 6.85. The van der Waals surface area contributed by atoms with Crippen LogP contribution in [0.1, 0.15) is 28.8 Å². The average molecular weight is 493 g/mol. The predicted octanol–water partition coefficient (Wildman–Crippen LogP) is 4.10. The maximum Gasteiger partial charge on any atom is 0.327 e. The molecule has 1 saturated heterocycles. The molecule has 1 fully saturated rings. The Balaban J connectivity index is 1.64. The normalized spacial score (nSPS) is 15.6. The number of nitrogens with zero attached hydrogens (tertiary/aromatic N) is 4.